The number of piperidine rings is 1. The normalized spacial score (nSPS) is 19.0. The first-order valence-corrected chi connectivity index (χ1v) is 14.1. The first-order chi connectivity index (χ1) is 18.5. The predicted molar refractivity (Wildman–Crippen MR) is 155 cm³/mol. The van der Waals surface area contributed by atoms with Gasteiger partial charge in [0.2, 0.25) is 11.8 Å². The summed E-state index contributed by atoms with van der Waals surface area (Å²) in [6.45, 7) is 3.85. The molecule has 5 rings (SSSR count). The highest BCUT2D eigenvalue weighted by molar-refractivity contribution is 7.80. The molecule has 1 aliphatic heterocycles. The molecule has 38 heavy (non-hydrogen) atoms. The average Bonchev–Trinajstić information content (AvgIpc) is 2.93. The van der Waals surface area contributed by atoms with Crippen LogP contribution in [0.3, 0.4) is 0 Å². The Balaban J connectivity index is 1.33. The number of anilines is 2. The number of rotatable bonds is 7. The van der Waals surface area contributed by atoms with Gasteiger partial charge in [0.15, 0.2) is 5.11 Å². The van der Waals surface area contributed by atoms with E-state index in [1.807, 2.05) is 48.5 Å². The van der Waals surface area contributed by atoms with E-state index in [4.69, 9.17) is 21.9 Å². The Morgan fingerprint density at radius 1 is 1.03 bits per heavy atom. The number of aromatic nitrogens is 2. The summed E-state index contributed by atoms with van der Waals surface area (Å²) in [5, 5.41) is 7.10. The molecule has 2 aliphatic rings. The van der Waals surface area contributed by atoms with Crippen molar-refractivity contribution in [2.45, 2.75) is 69.7 Å². The van der Waals surface area contributed by atoms with Gasteiger partial charge < -0.3 is 20.3 Å². The highest BCUT2D eigenvalue weighted by Gasteiger charge is 2.34. The molecular weight excluding hydrogens is 497 g/mol. The number of thiocarbonyl (C=S) groups is 1. The van der Waals surface area contributed by atoms with Crippen molar-refractivity contribution in [2.75, 3.05) is 23.3 Å². The van der Waals surface area contributed by atoms with Crippen LogP contribution < -0.4 is 20.3 Å². The van der Waals surface area contributed by atoms with Crippen LogP contribution in [0.1, 0.15) is 63.9 Å². The van der Waals surface area contributed by atoms with Gasteiger partial charge in [0.25, 0.3) is 0 Å². The maximum Gasteiger partial charge on any atom is 0.234 e. The largest absolute Gasteiger partial charge is 0.439 e. The van der Waals surface area contributed by atoms with Crippen molar-refractivity contribution in [3.05, 3.63) is 72.0 Å². The summed E-state index contributed by atoms with van der Waals surface area (Å²) in [6.07, 6.45) is 9.11. The Labute approximate surface area is 230 Å². The molecule has 2 fully saturated rings. The van der Waals surface area contributed by atoms with Crippen molar-refractivity contribution < 1.29 is 9.13 Å². The molecule has 0 amide bonds. The number of nitrogens with one attached hydrogen (secondary N) is 2. The van der Waals surface area contributed by atoms with Crippen LogP contribution in [0.2, 0.25) is 0 Å². The quantitative estimate of drug-likeness (QED) is 0.318. The second kappa shape index (κ2) is 12.1. The van der Waals surface area contributed by atoms with Gasteiger partial charge in [-0.1, -0.05) is 49.6 Å². The average molecular weight is 534 g/mol. The first-order valence-electron chi connectivity index (χ1n) is 13.7. The van der Waals surface area contributed by atoms with Gasteiger partial charge in [-0.25, -0.2) is 4.39 Å². The molecule has 0 radical (unpaired) electrons. The molecule has 2 heterocycles. The van der Waals surface area contributed by atoms with Crippen LogP contribution in [0.25, 0.3) is 0 Å². The second-order valence-corrected chi connectivity index (χ2v) is 10.9. The van der Waals surface area contributed by atoms with E-state index < -0.39 is 0 Å². The zero-order valence-corrected chi connectivity index (χ0v) is 22.8. The summed E-state index contributed by atoms with van der Waals surface area (Å²) in [6, 6.07) is 18.9. The predicted octanol–water partition coefficient (Wildman–Crippen LogP) is 6.98. The third-order valence-corrected chi connectivity index (χ3v) is 8.08. The van der Waals surface area contributed by atoms with Crippen molar-refractivity contribution in [1.82, 2.24) is 15.3 Å². The van der Waals surface area contributed by atoms with Gasteiger partial charge >= 0.3 is 0 Å². The summed E-state index contributed by atoms with van der Waals surface area (Å²) in [5.41, 5.74) is 1.08. The number of nitrogens with zero attached hydrogens (tertiary/aromatic N) is 3. The third-order valence-electron chi connectivity index (χ3n) is 7.83. The molecule has 2 aromatic carbocycles. The molecule has 1 aliphatic carbocycles. The van der Waals surface area contributed by atoms with Crippen molar-refractivity contribution in [2.24, 2.45) is 0 Å². The minimum absolute atomic E-state index is 0.0782. The van der Waals surface area contributed by atoms with E-state index in [0.717, 1.165) is 56.5 Å². The number of halogens is 1. The lowest BCUT2D eigenvalue weighted by Gasteiger charge is -2.38. The molecule has 0 unspecified atom stereocenters. The Morgan fingerprint density at radius 2 is 1.79 bits per heavy atom. The van der Waals surface area contributed by atoms with Crippen LogP contribution in [0.15, 0.2) is 60.7 Å². The second-order valence-electron chi connectivity index (χ2n) is 10.5. The molecule has 3 aromatic rings. The molecule has 6 nitrogen and oxygen atoms in total. The van der Waals surface area contributed by atoms with Crippen molar-refractivity contribution in [3.8, 4) is 11.6 Å². The number of benzene rings is 2. The summed E-state index contributed by atoms with van der Waals surface area (Å²) >= 11 is 5.70. The minimum Gasteiger partial charge on any atom is -0.439 e. The molecule has 1 atom stereocenters. The summed E-state index contributed by atoms with van der Waals surface area (Å²) in [7, 11) is 0. The van der Waals surface area contributed by atoms with Gasteiger partial charge in [-0.15, -0.1) is 0 Å². The maximum atomic E-state index is 13.6. The molecule has 1 aromatic heterocycles. The lowest BCUT2D eigenvalue weighted by atomic mass is 9.69. The molecule has 1 saturated heterocycles. The van der Waals surface area contributed by atoms with Crippen molar-refractivity contribution in [3.63, 3.8) is 0 Å². The molecular formula is C30H36FN5OS. The van der Waals surface area contributed by atoms with Crippen molar-refractivity contribution >= 4 is 29.1 Å². The van der Waals surface area contributed by atoms with E-state index in [-0.39, 0.29) is 11.2 Å². The van der Waals surface area contributed by atoms with E-state index in [1.165, 1.54) is 12.8 Å². The monoisotopic (exact) mass is 533 g/mol. The number of para-hydroxylation sites is 1. The number of ether oxygens (including phenoxy) is 1. The maximum absolute atomic E-state index is 13.6. The van der Waals surface area contributed by atoms with Crippen LogP contribution in [-0.2, 0) is 5.41 Å². The highest BCUT2D eigenvalue weighted by Crippen LogP contribution is 2.39. The first kappa shape index (κ1) is 26.4. The molecule has 0 spiro atoms. The lowest BCUT2D eigenvalue weighted by Crippen LogP contribution is -2.43. The zero-order chi connectivity index (χ0) is 26.4. The topological polar surface area (TPSA) is 62.3 Å². The van der Waals surface area contributed by atoms with Gasteiger partial charge in [0, 0.05) is 30.6 Å². The van der Waals surface area contributed by atoms with Gasteiger partial charge in [0.1, 0.15) is 17.4 Å². The van der Waals surface area contributed by atoms with Gasteiger partial charge in [-0.3, -0.25) is 0 Å². The van der Waals surface area contributed by atoms with Gasteiger partial charge in [-0.2, -0.15) is 9.97 Å². The molecule has 0 bridgehead atoms. The fraction of sp³-hybridized carbons (Fsp3) is 0.433. The van der Waals surface area contributed by atoms with Crippen LogP contribution in [0, 0.1) is 5.82 Å². The molecule has 200 valence electrons. The minimum atomic E-state index is -0.210. The fourth-order valence-corrected chi connectivity index (χ4v) is 5.87. The Bertz CT molecular complexity index is 1220. The fourth-order valence-electron chi connectivity index (χ4n) is 5.71. The number of hydrogen-bond donors (Lipinski definition) is 2. The Morgan fingerprint density at radius 3 is 2.53 bits per heavy atom. The van der Waals surface area contributed by atoms with Crippen LogP contribution in [-0.4, -0.2) is 34.2 Å². The Kier molecular flexibility index (Phi) is 8.37. The number of hydrogen-bond acceptors (Lipinski definition) is 5. The smallest absolute Gasteiger partial charge is 0.234 e. The SMILES string of the molecule is C[C@@H]1CCCCN1c1cc(Oc2ccccc2)nc(NC(=S)NCC2(c3ccc(F)cc3)CCCCC2)n1. The zero-order valence-electron chi connectivity index (χ0n) is 22.0. The summed E-state index contributed by atoms with van der Waals surface area (Å²) < 4.78 is 19.7. The molecule has 2 N–H and O–H groups in total. The van der Waals surface area contributed by atoms with E-state index in [9.17, 15) is 4.39 Å². The highest BCUT2D eigenvalue weighted by atomic mass is 32.1. The standard InChI is InChI=1S/C30H36FN5OS/c1-22-10-6-9-19-36(22)26-20-27(37-25-11-4-2-5-12-25)34-28(33-26)35-29(38)32-21-30(17-7-3-8-18-30)23-13-15-24(31)16-14-23/h2,4-5,11-16,20,22H,3,6-10,17-19,21H2,1H3,(H2,32,33,34,35,38)/t22-/m1/s1. The van der Waals surface area contributed by atoms with E-state index >= 15 is 0 Å². The molecule has 1 saturated carbocycles. The summed E-state index contributed by atoms with van der Waals surface area (Å²) in [5.74, 6) is 2.22. The van der Waals surface area contributed by atoms with Crippen LogP contribution in [0.5, 0.6) is 11.6 Å². The summed E-state index contributed by atoms with van der Waals surface area (Å²) in [4.78, 5) is 11.8. The van der Waals surface area contributed by atoms with Gasteiger partial charge in [-0.05, 0) is 81.1 Å². The third kappa shape index (κ3) is 6.41. The van der Waals surface area contributed by atoms with Crippen LogP contribution in [0.4, 0.5) is 16.2 Å². The van der Waals surface area contributed by atoms with Crippen LogP contribution >= 0.6 is 12.2 Å². The van der Waals surface area contributed by atoms with Gasteiger partial charge in [0.05, 0.1) is 0 Å². The van der Waals surface area contributed by atoms with Crippen molar-refractivity contribution in [1.29, 1.82) is 0 Å². The van der Waals surface area contributed by atoms with E-state index in [1.54, 1.807) is 12.1 Å². The van der Waals surface area contributed by atoms with E-state index in [2.05, 4.69) is 27.4 Å². The molecule has 8 heteroatoms. The Hall–Kier alpha value is -3.26. The van der Waals surface area contributed by atoms with E-state index in [0.29, 0.717) is 35.3 Å². The lowest BCUT2D eigenvalue weighted by molar-refractivity contribution is 0.292.